The molecule has 0 bridgehead atoms. The van der Waals surface area contributed by atoms with E-state index in [9.17, 15) is 9.18 Å². The molecule has 136 valence electrons. The quantitative estimate of drug-likeness (QED) is 0.794. The van der Waals surface area contributed by atoms with E-state index in [2.05, 4.69) is 25.5 Å². The van der Waals surface area contributed by atoms with Crippen LogP contribution in [0.15, 0.2) is 34.1 Å². The van der Waals surface area contributed by atoms with Gasteiger partial charge in [-0.25, -0.2) is 9.18 Å². The molecule has 1 aromatic heterocycles. The molecule has 1 atom stereocenters. The monoisotopic (exact) mass is 356 g/mol. The zero-order chi connectivity index (χ0) is 18.1. The third-order valence-electron chi connectivity index (χ3n) is 4.83. The van der Waals surface area contributed by atoms with Crippen molar-refractivity contribution in [3.05, 3.63) is 51.7 Å². The molecule has 2 aliphatic rings. The van der Waals surface area contributed by atoms with Gasteiger partial charge in [0.05, 0.1) is 12.6 Å². The zero-order valence-electron chi connectivity index (χ0n) is 14.6. The Hall–Kier alpha value is -2.74. The Bertz CT molecular complexity index is 909. The van der Waals surface area contributed by atoms with Crippen molar-refractivity contribution < 1.29 is 4.39 Å². The highest BCUT2D eigenvalue weighted by molar-refractivity contribution is 5.80. The molecule has 0 spiro atoms. The number of benzene rings is 1. The van der Waals surface area contributed by atoms with E-state index in [1.165, 1.54) is 12.3 Å². The van der Waals surface area contributed by atoms with E-state index in [0.717, 1.165) is 31.0 Å². The van der Waals surface area contributed by atoms with Crippen LogP contribution in [0, 0.1) is 5.82 Å². The van der Waals surface area contributed by atoms with E-state index >= 15 is 0 Å². The van der Waals surface area contributed by atoms with Crippen LogP contribution in [0.3, 0.4) is 0 Å². The predicted octanol–water partition coefficient (Wildman–Crippen LogP) is 0.835. The van der Waals surface area contributed by atoms with Crippen LogP contribution in [0.25, 0.3) is 0 Å². The molecule has 0 aliphatic carbocycles. The second-order valence-electron chi connectivity index (χ2n) is 6.54. The summed E-state index contributed by atoms with van der Waals surface area (Å²) in [5, 5.41) is 6.54. The molecule has 26 heavy (non-hydrogen) atoms. The van der Waals surface area contributed by atoms with E-state index in [1.54, 1.807) is 23.7 Å². The molecule has 1 unspecified atom stereocenters. The normalized spacial score (nSPS) is 18.8. The van der Waals surface area contributed by atoms with E-state index in [0.29, 0.717) is 30.5 Å². The van der Waals surface area contributed by atoms with Gasteiger partial charge in [-0.05, 0) is 17.7 Å². The van der Waals surface area contributed by atoms with Crippen LogP contribution in [-0.4, -0.2) is 48.5 Å². The summed E-state index contributed by atoms with van der Waals surface area (Å²) in [4.78, 5) is 22.6. The van der Waals surface area contributed by atoms with Gasteiger partial charge in [-0.3, -0.25) is 9.56 Å². The fourth-order valence-corrected chi connectivity index (χ4v) is 3.56. The molecule has 4 rings (SSSR count). The maximum Gasteiger partial charge on any atom is 0.351 e. The van der Waals surface area contributed by atoms with Crippen molar-refractivity contribution in [3.63, 3.8) is 0 Å². The van der Waals surface area contributed by atoms with Crippen LogP contribution >= 0.6 is 0 Å². The molecule has 2 aromatic rings. The van der Waals surface area contributed by atoms with Gasteiger partial charge in [0, 0.05) is 51.1 Å². The number of nitrogens with one attached hydrogen (secondary N) is 2. The second kappa shape index (κ2) is 6.87. The first-order chi connectivity index (χ1) is 12.7. The lowest BCUT2D eigenvalue weighted by Crippen LogP contribution is -2.49. The topological polar surface area (TPSA) is 74.5 Å². The molecule has 2 aliphatic heterocycles. The van der Waals surface area contributed by atoms with Crippen molar-refractivity contribution in [2.75, 3.05) is 36.9 Å². The average Bonchev–Trinajstić information content (AvgIpc) is 3.02. The maximum atomic E-state index is 13.7. The number of rotatable bonds is 4. The standard InChI is InChI=1S/C18H21FN6O/c1-20-9-13-6-12(2-3-15(13)19)8-22-16-7-17-24-5-4-21-10-14(24)11-25(17)18(26)23-16/h2-3,6-7,9,14,21H,4-5,8,10-11H2,1H3,(H,22,23,26)/b20-9+. The van der Waals surface area contributed by atoms with Crippen LogP contribution in [-0.2, 0) is 13.1 Å². The smallest absolute Gasteiger partial charge is 0.351 e. The number of aliphatic imine (C=N–C) groups is 1. The highest BCUT2D eigenvalue weighted by atomic mass is 19.1. The third kappa shape index (κ3) is 3.08. The van der Waals surface area contributed by atoms with Gasteiger partial charge in [-0.1, -0.05) is 6.07 Å². The minimum atomic E-state index is -0.307. The van der Waals surface area contributed by atoms with Gasteiger partial charge < -0.3 is 15.5 Å². The summed E-state index contributed by atoms with van der Waals surface area (Å²) in [6.45, 7) is 3.79. The van der Waals surface area contributed by atoms with E-state index in [1.807, 2.05) is 6.07 Å². The van der Waals surface area contributed by atoms with Gasteiger partial charge in [-0.15, -0.1) is 0 Å². The summed E-state index contributed by atoms with van der Waals surface area (Å²) in [6, 6.07) is 7.10. The highest BCUT2D eigenvalue weighted by Gasteiger charge is 2.32. The van der Waals surface area contributed by atoms with E-state index in [-0.39, 0.29) is 11.5 Å². The Morgan fingerprint density at radius 1 is 1.46 bits per heavy atom. The molecule has 2 N–H and O–H groups in total. The van der Waals surface area contributed by atoms with Gasteiger partial charge in [0.25, 0.3) is 0 Å². The molecule has 0 radical (unpaired) electrons. The molecule has 7 nitrogen and oxygen atoms in total. The molecular weight excluding hydrogens is 335 g/mol. The SMILES string of the molecule is C/N=C/c1cc(CNc2cc3n(c(=O)n2)CC2CNCCN32)ccc1F. The van der Waals surface area contributed by atoms with Crippen LogP contribution in [0.2, 0.25) is 0 Å². The minimum absolute atomic E-state index is 0.239. The lowest BCUT2D eigenvalue weighted by Gasteiger charge is -2.31. The fourth-order valence-electron chi connectivity index (χ4n) is 3.56. The van der Waals surface area contributed by atoms with Crippen molar-refractivity contribution in [1.29, 1.82) is 0 Å². The molecule has 0 saturated carbocycles. The van der Waals surface area contributed by atoms with Crippen molar-refractivity contribution >= 4 is 17.9 Å². The Morgan fingerprint density at radius 3 is 3.19 bits per heavy atom. The van der Waals surface area contributed by atoms with Gasteiger partial charge >= 0.3 is 5.69 Å². The van der Waals surface area contributed by atoms with Crippen LogP contribution in [0.5, 0.6) is 0 Å². The lowest BCUT2D eigenvalue weighted by molar-refractivity contribution is 0.474. The van der Waals surface area contributed by atoms with E-state index < -0.39 is 0 Å². The first-order valence-corrected chi connectivity index (χ1v) is 8.69. The van der Waals surface area contributed by atoms with Gasteiger partial charge in [0.2, 0.25) is 0 Å². The number of nitrogens with zero attached hydrogens (tertiary/aromatic N) is 4. The Balaban J connectivity index is 1.54. The molecule has 1 fully saturated rings. The third-order valence-corrected chi connectivity index (χ3v) is 4.83. The van der Waals surface area contributed by atoms with Crippen LogP contribution in [0.1, 0.15) is 11.1 Å². The van der Waals surface area contributed by atoms with Crippen molar-refractivity contribution in [2.24, 2.45) is 4.99 Å². The Labute approximate surface area is 150 Å². The van der Waals surface area contributed by atoms with Crippen LogP contribution < -0.4 is 21.2 Å². The highest BCUT2D eigenvalue weighted by Crippen LogP contribution is 2.26. The Morgan fingerprint density at radius 2 is 2.35 bits per heavy atom. The van der Waals surface area contributed by atoms with Crippen molar-refractivity contribution in [2.45, 2.75) is 19.1 Å². The fraction of sp³-hybridized carbons (Fsp3) is 0.389. The first kappa shape index (κ1) is 16.7. The maximum absolute atomic E-state index is 13.7. The second-order valence-corrected chi connectivity index (χ2v) is 6.54. The largest absolute Gasteiger partial charge is 0.366 e. The molecule has 8 heteroatoms. The minimum Gasteiger partial charge on any atom is -0.366 e. The lowest BCUT2D eigenvalue weighted by atomic mass is 10.1. The number of anilines is 2. The number of halogens is 1. The van der Waals surface area contributed by atoms with E-state index in [4.69, 9.17) is 0 Å². The first-order valence-electron chi connectivity index (χ1n) is 8.69. The summed E-state index contributed by atoms with van der Waals surface area (Å²) in [5.74, 6) is 1.14. The summed E-state index contributed by atoms with van der Waals surface area (Å²) in [5.41, 5.74) is 1.10. The molecule has 1 aromatic carbocycles. The number of hydrogen-bond donors (Lipinski definition) is 2. The van der Waals surface area contributed by atoms with Crippen LogP contribution in [0.4, 0.5) is 16.0 Å². The van der Waals surface area contributed by atoms with Gasteiger partial charge in [0.15, 0.2) is 0 Å². The molecule has 3 heterocycles. The number of fused-ring (bicyclic) bond motifs is 3. The zero-order valence-corrected chi connectivity index (χ0v) is 14.6. The summed E-state index contributed by atoms with van der Waals surface area (Å²) in [7, 11) is 1.61. The number of piperazine rings is 1. The van der Waals surface area contributed by atoms with Gasteiger partial charge in [-0.2, -0.15) is 4.98 Å². The number of hydrogen-bond acceptors (Lipinski definition) is 6. The molecular formula is C18H21FN6O. The summed E-state index contributed by atoms with van der Waals surface area (Å²) >= 11 is 0. The summed E-state index contributed by atoms with van der Waals surface area (Å²) < 4.78 is 15.4. The van der Waals surface area contributed by atoms with Gasteiger partial charge in [0.1, 0.15) is 17.5 Å². The number of aromatic nitrogens is 2. The van der Waals surface area contributed by atoms with Crippen molar-refractivity contribution in [3.8, 4) is 0 Å². The predicted molar refractivity (Wildman–Crippen MR) is 99.7 cm³/mol. The molecule has 0 amide bonds. The average molecular weight is 356 g/mol. The van der Waals surface area contributed by atoms with Crippen molar-refractivity contribution in [1.82, 2.24) is 14.9 Å². The Kier molecular flexibility index (Phi) is 4.42. The molecule has 1 saturated heterocycles. The summed E-state index contributed by atoms with van der Waals surface area (Å²) in [6.07, 6.45) is 1.49.